The molecule has 6 nitrogen and oxygen atoms in total. The van der Waals surface area contributed by atoms with Gasteiger partial charge in [-0.15, -0.1) is 0 Å². The smallest absolute Gasteiger partial charge is 0.227 e. The third-order valence-electron chi connectivity index (χ3n) is 4.34. The van der Waals surface area contributed by atoms with Crippen molar-refractivity contribution in [3.8, 4) is 5.75 Å². The molecule has 2 aromatic rings. The SMILES string of the molecule is COc1cccc(N2CC(C(=O)NC(C)Cc3ccco3)CC2=O)c1. The number of nitrogens with zero attached hydrogens (tertiary/aromatic N) is 1. The fourth-order valence-corrected chi connectivity index (χ4v) is 3.05. The summed E-state index contributed by atoms with van der Waals surface area (Å²) in [4.78, 5) is 26.4. The average molecular weight is 342 g/mol. The van der Waals surface area contributed by atoms with Crippen molar-refractivity contribution in [1.29, 1.82) is 0 Å². The molecule has 1 saturated heterocycles. The first-order valence-electron chi connectivity index (χ1n) is 8.34. The van der Waals surface area contributed by atoms with E-state index in [0.29, 0.717) is 18.7 Å². The number of hydrogen-bond acceptors (Lipinski definition) is 4. The van der Waals surface area contributed by atoms with E-state index in [1.54, 1.807) is 24.3 Å². The number of furan rings is 1. The molecule has 1 N–H and O–H groups in total. The predicted molar refractivity (Wildman–Crippen MR) is 93.5 cm³/mol. The number of carbonyl (C=O) groups is 2. The molecule has 1 aliphatic rings. The minimum absolute atomic E-state index is 0.0490. The number of benzene rings is 1. The molecule has 1 fully saturated rings. The number of methoxy groups -OCH3 is 1. The van der Waals surface area contributed by atoms with E-state index in [2.05, 4.69) is 5.32 Å². The first-order chi connectivity index (χ1) is 12.1. The molecule has 0 spiro atoms. The van der Waals surface area contributed by atoms with Crippen molar-refractivity contribution in [1.82, 2.24) is 5.32 Å². The topological polar surface area (TPSA) is 71.8 Å². The Balaban J connectivity index is 1.60. The van der Waals surface area contributed by atoms with Crippen molar-refractivity contribution in [3.05, 3.63) is 48.4 Å². The zero-order chi connectivity index (χ0) is 17.8. The van der Waals surface area contributed by atoms with Gasteiger partial charge in [0.15, 0.2) is 0 Å². The molecule has 2 unspecified atom stereocenters. The normalized spacial score (nSPS) is 18.2. The Labute approximate surface area is 146 Å². The highest BCUT2D eigenvalue weighted by atomic mass is 16.5. The molecule has 25 heavy (non-hydrogen) atoms. The van der Waals surface area contributed by atoms with Gasteiger partial charge in [-0.2, -0.15) is 0 Å². The standard InChI is InChI=1S/C19H22N2O4/c1-13(9-17-7-4-8-25-17)20-19(23)14-10-18(22)21(12-14)15-5-3-6-16(11-15)24-2/h3-8,11,13-14H,9-10,12H2,1-2H3,(H,20,23). The summed E-state index contributed by atoms with van der Waals surface area (Å²) < 4.78 is 10.5. The number of hydrogen-bond donors (Lipinski definition) is 1. The number of amides is 2. The zero-order valence-corrected chi connectivity index (χ0v) is 14.4. The highest BCUT2D eigenvalue weighted by molar-refractivity contribution is 6.00. The second kappa shape index (κ2) is 7.42. The Morgan fingerprint density at radius 2 is 2.24 bits per heavy atom. The molecule has 0 saturated carbocycles. The van der Waals surface area contributed by atoms with Gasteiger partial charge in [-0.1, -0.05) is 6.07 Å². The van der Waals surface area contributed by atoms with E-state index in [-0.39, 0.29) is 30.2 Å². The van der Waals surface area contributed by atoms with Gasteiger partial charge in [0.2, 0.25) is 11.8 Å². The van der Waals surface area contributed by atoms with Crippen molar-refractivity contribution < 1.29 is 18.7 Å². The quantitative estimate of drug-likeness (QED) is 0.875. The van der Waals surface area contributed by atoms with E-state index in [1.165, 1.54) is 0 Å². The molecule has 2 atom stereocenters. The lowest BCUT2D eigenvalue weighted by molar-refractivity contribution is -0.126. The van der Waals surface area contributed by atoms with Crippen molar-refractivity contribution in [3.63, 3.8) is 0 Å². The highest BCUT2D eigenvalue weighted by Crippen LogP contribution is 2.28. The molecular weight excluding hydrogens is 320 g/mol. The third-order valence-corrected chi connectivity index (χ3v) is 4.34. The Kier molecular flexibility index (Phi) is 5.07. The lowest BCUT2D eigenvalue weighted by Crippen LogP contribution is -2.39. The van der Waals surface area contributed by atoms with Gasteiger partial charge in [0.1, 0.15) is 11.5 Å². The summed E-state index contributed by atoms with van der Waals surface area (Å²) in [6, 6.07) is 11.0. The number of rotatable bonds is 6. The lowest BCUT2D eigenvalue weighted by atomic mass is 10.1. The molecule has 0 radical (unpaired) electrons. The molecule has 0 bridgehead atoms. The van der Waals surface area contributed by atoms with Crippen LogP contribution in [0.1, 0.15) is 19.1 Å². The summed E-state index contributed by atoms with van der Waals surface area (Å²) in [5.41, 5.74) is 0.753. The van der Waals surface area contributed by atoms with Crippen LogP contribution in [0.5, 0.6) is 5.75 Å². The van der Waals surface area contributed by atoms with E-state index in [4.69, 9.17) is 9.15 Å². The van der Waals surface area contributed by atoms with Crippen LogP contribution in [0.2, 0.25) is 0 Å². The Bertz CT molecular complexity index is 742. The van der Waals surface area contributed by atoms with Crippen molar-refractivity contribution in [2.45, 2.75) is 25.8 Å². The molecule has 1 aliphatic heterocycles. The summed E-state index contributed by atoms with van der Waals surface area (Å²) in [6.45, 7) is 2.31. The van der Waals surface area contributed by atoms with E-state index in [0.717, 1.165) is 11.4 Å². The molecule has 2 heterocycles. The van der Waals surface area contributed by atoms with Crippen molar-refractivity contribution in [2.75, 3.05) is 18.6 Å². The Morgan fingerprint density at radius 1 is 1.40 bits per heavy atom. The monoisotopic (exact) mass is 342 g/mol. The van der Waals surface area contributed by atoms with Gasteiger partial charge in [-0.3, -0.25) is 9.59 Å². The van der Waals surface area contributed by atoms with Crippen LogP contribution in [0, 0.1) is 5.92 Å². The van der Waals surface area contributed by atoms with Crippen LogP contribution in [-0.4, -0.2) is 31.5 Å². The number of ether oxygens (including phenoxy) is 1. The van der Waals surface area contributed by atoms with E-state index in [1.807, 2.05) is 37.3 Å². The number of nitrogens with one attached hydrogen (secondary N) is 1. The largest absolute Gasteiger partial charge is 0.497 e. The summed E-state index contributed by atoms with van der Waals surface area (Å²) in [5, 5.41) is 2.97. The van der Waals surface area contributed by atoms with Crippen LogP contribution in [0.4, 0.5) is 5.69 Å². The van der Waals surface area contributed by atoms with Gasteiger partial charge in [0, 0.05) is 37.2 Å². The minimum Gasteiger partial charge on any atom is -0.497 e. The molecule has 3 rings (SSSR count). The maximum Gasteiger partial charge on any atom is 0.227 e. The summed E-state index contributed by atoms with van der Waals surface area (Å²) in [6.07, 6.45) is 2.46. The van der Waals surface area contributed by atoms with Crippen LogP contribution >= 0.6 is 0 Å². The lowest BCUT2D eigenvalue weighted by Gasteiger charge is -2.18. The number of carbonyl (C=O) groups excluding carboxylic acids is 2. The molecular formula is C19H22N2O4. The van der Waals surface area contributed by atoms with Gasteiger partial charge < -0.3 is 19.4 Å². The molecule has 0 aliphatic carbocycles. The predicted octanol–water partition coefficient (Wildman–Crippen LogP) is 2.39. The maximum atomic E-state index is 12.5. The van der Waals surface area contributed by atoms with Crippen molar-refractivity contribution >= 4 is 17.5 Å². The molecule has 1 aromatic carbocycles. The third kappa shape index (κ3) is 4.02. The van der Waals surface area contributed by atoms with E-state index < -0.39 is 0 Å². The second-order valence-corrected chi connectivity index (χ2v) is 6.30. The van der Waals surface area contributed by atoms with Crippen molar-refractivity contribution in [2.24, 2.45) is 5.92 Å². The Hall–Kier alpha value is -2.76. The molecule has 132 valence electrons. The fourth-order valence-electron chi connectivity index (χ4n) is 3.05. The first kappa shape index (κ1) is 17.1. The van der Waals surface area contributed by atoms with E-state index in [9.17, 15) is 9.59 Å². The van der Waals surface area contributed by atoms with Crippen LogP contribution in [-0.2, 0) is 16.0 Å². The summed E-state index contributed by atoms with van der Waals surface area (Å²) >= 11 is 0. The van der Waals surface area contributed by atoms with Gasteiger partial charge in [0.05, 0.1) is 19.3 Å². The Morgan fingerprint density at radius 3 is 2.96 bits per heavy atom. The van der Waals surface area contributed by atoms with Crippen LogP contribution in [0.25, 0.3) is 0 Å². The van der Waals surface area contributed by atoms with Gasteiger partial charge >= 0.3 is 0 Å². The second-order valence-electron chi connectivity index (χ2n) is 6.30. The zero-order valence-electron chi connectivity index (χ0n) is 14.4. The van der Waals surface area contributed by atoms with Crippen LogP contribution in [0.15, 0.2) is 47.1 Å². The summed E-state index contributed by atoms with van der Waals surface area (Å²) in [7, 11) is 1.58. The molecule has 2 amide bonds. The van der Waals surface area contributed by atoms with Crippen LogP contribution < -0.4 is 15.0 Å². The summed E-state index contributed by atoms with van der Waals surface area (Å²) in [5.74, 6) is 1.02. The highest BCUT2D eigenvalue weighted by Gasteiger charge is 2.35. The molecule has 1 aromatic heterocycles. The van der Waals surface area contributed by atoms with E-state index >= 15 is 0 Å². The average Bonchev–Trinajstić information content (AvgIpc) is 3.24. The maximum absolute atomic E-state index is 12.5. The fraction of sp³-hybridized carbons (Fsp3) is 0.368. The van der Waals surface area contributed by atoms with Gasteiger partial charge in [-0.25, -0.2) is 0 Å². The number of anilines is 1. The van der Waals surface area contributed by atoms with Gasteiger partial charge in [0.25, 0.3) is 0 Å². The minimum atomic E-state index is -0.349. The van der Waals surface area contributed by atoms with Gasteiger partial charge in [-0.05, 0) is 31.2 Å². The van der Waals surface area contributed by atoms with Crippen LogP contribution in [0.3, 0.4) is 0 Å². The first-order valence-corrected chi connectivity index (χ1v) is 8.34. The molecule has 6 heteroatoms.